The van der Waals surface area contributed by atoms with E-state index >= 15 is 0 Å². The minimum absolute atomic E-state index is 0.0477. The zero-order valence-corrected chi connectivity index (χ0v) is 13.4. The smallest absolute Gasteiger partial charge is 0.231 e. The third kappa shape index (κ3) is 3.65. The van der Waals surface area contributed by atoms with Gasteiger partial charge in [-0.05, 0) is 36.1 Å². The molecule has 1 aliphatic heterocycles. The van der Waals surface area contributed by atoms with E-state index in [1.54, 1.807) is 0 Å². The molecule has 120 valence electrons. The van der Waals surface area contributed by atoms with Crippen LogP contribution in [0.15, 0.2) is 48.5 Å². The highest BCUT2D eigenvalue weighted by atomic mass is 16.7. The number of benzene rings is 2. The molecule has 4 heteroatoms. The Hall–Kier alpha value is -2.49. The van der Waals surface area contributed by atoms with Gasteiger partial charge in [0.05, 0.1) is 6.04 Å². The Morgan fingerprint density at radius 2 is 1.78 bits per heavy atom. The fraction of sp³-hybridized carbons (Fsp3) is 0.316. The number of carbonyl (C=O) groups is 1. The van der Waals surface area contributed by atoms with Gasteiger partial charge in [-0.3, -0.25) is 4.79 Å². The van der Waals surface area contributed by atoms with Crippen molar-refractivity contribution in [3.8, 4) is 11.5 Å². The second-order valence-electron chi connectivity index (χ2n) is 5.92. The maximum absolute atomic E-state index is 12.3. The van der Waals surface area contributed by atoms with E-state index in [1.165, 1.54) is 5.56 Å². The van der Waals surface area contributed by atoms with E-state index in [2.05, 4.69) is 24.4 Å². The Balaban J connectivity index is 1.59. The van der Waals surface area contributed by atoms with Crippen molar-refractivity contribution in [3.63, 3.8) is 0 Å². The number of ether oxygens (including phenoxy) is 2. The molecule has 1 N–H and O–H groups in total. The molecule has 0 saturated carbocycles. The van der Waals surface area contributed by atoms with E-state index < -0.39 is 0 Å². The molecule has 0 spiro atoms. The fourth-order valence-corrected chi connectivity index (χ4v) is 2.74. The van der Waals surface area contributed by atoms with Gasteiger partial charge in [0, 0.05) is 6.42 Å². The third-order valence-electron chi connectivity index (χ3n) is 4.13. The lowest BCUT2D eigenvalue weighted by atomic mass is 9.97. The number of carbonyl (C=O) groups excluding carboxylic acids is 1. The van der Waals surface area contributed by atoms with Crippen LogP contribution in [0.3, 0.4) is 0 Å². The van der Waals surface area contributed by atoms with Gasteiger partial charge in [0.2, 0.25) is 12.7 Å². The summed E-state index contributed by atoms with van der Waals surface area (Å²) in [6.45, 7) is 4.30. The molecule has 2 unspecified atom stereocenters. The van der Waals surface area contributed by atoms with E-state index in [9.17, 15) is 4.79 Å². The summed E-state index contributed by atoms with van der Waals surface area (Å²) in [7, 11) is 0. The molecule has 0 bridgehead atoms. The maximum Gasteiger partial charge on any atom is 0.231 e. The molecule has 0 aromatic heterocycles. The van der Waals surface area contributed by atoms with Gasteiger partial charge in [0.25, 0.3) is 0 Å². The first-order valence-corrected chi connectivity index (χ1v) is 7.87. The summed E-state index contributed by atoms with van der Waals surface area (Å²) in [4.78, 5) is 12.3. The first kappa shape index (κ1) is 15.4. The standard InChI is InChI=1S/C19H21NO3/c1-13(15-6-4-3-5-7-15)10-19(21)20-14(2)16-8-9-17-18(11-16)23-12-22-17/h3-9,11,13-14H,10,12H2,1-2H3,(H,20,21). The quantitative estimate of drug-likeness (QED) is 0.914. The van der Waals surface area contributed by atoms with E-state index in [0.29, 0.717) is 6.42 Å². The van der Waals surface area contributed by atoms with Crippen molar-refractivity contribution in [2.24, 2.45) is 0 Å². The third-order valence-corrected chi connectivity index (χ3v) is 4.13. The molecule has 0 fully saturated rings. The van der Waals surface area contributed by atoms with Crippen LogP contribution in [-0.2, 0) is 4.79 Å². The van der Waals surface area contributed by atoms with Gasteiger partial charge in [0.1, 0.15) is 0 Å². The number of nitrogens with one attached hydrogen (secondary N) is 1. The van der Waals surface area contributed by atoms with Gasteiger partial charge >= 0.3 is 0 Å². The predicted molar refractivity (Wildman–Crippen MR) is 88.6 cm³/mol. The molecule has 1 aliphatic rings. The number of hydrogen-bond donors (Lipinski definition) is 1. The lowest BCUT2D eigenvalue weighted by Gasteiger charge is -2.17. The van der Waals surface area contributed by atoms with Gasteiger partial charge in [-0.1, -0.05) is 43.3 Å². The van der Waals surface area contributed by atoms with Crippen LogP contribution in [-0.4, -0.2) is 12.7 Å². The highest BCUT2D eigenvalue weighted by Crippen LogP contribution is 2.34. The van der Waals surface area contributed by atoms with Crippen LogP contribution in [0.4, 0.5) is 0 Å². The molecule has 2 aromatic rings. The van der Waals surface area contributed by atoms with Crippen molar-refractivity contribution < 1.29 is 14.3 Å². The van der Waals surface area contributed by atoms with E-state index in [1.807, 2.05) is 43.3 Å². The first-order valence-electron chi connectivity index (χ1n) is 7.87. The van der Waals surface area contributed by atoms with Crippen LogP contribution >= 0.6 is 0 Å². The summed E-state index contributed by atoms with van der Waals surface area (Å²) >= 11 is 0. The molecule has 23 heavy (non-hydrogen) atoms. The molecule has 1 amide bonds. The van der Waals surface area contributed by atoms with Crippen molar-refractivity contribution in [1.82, 2.24) is 5.32 Å². The average molecular weight is 311 g/mol. The SMILES string of the molecule is CC(CC(=O)NC(C)c1ccc2c(c1)OCO2)c1ccccc1. The van der Waals surface area contributed by atoms with Crippen molar-refractivity contribution in [2.75, 3.05) is 6.79 Å². The van der Waals surface area contributed by atoms with Gasteiger partial charge in [-0.25, -0.2) is 0 Å². The zero-order chi connectivity index (χ0) is 16.2. The molecule has 1 heterocycles. The van der Waals surface area contributed by atoms with Gasteiger partial charge < -0.3 is 14.8 Å². The summed E-state index contributed by atoms with van der Waals surface area (Å²) in [5.41, 5.74) is 2.19. The van der Waals surface area contributed by atoms with Crippen molar-refractivity contribution >= 4 is 5.91 Å². The van der Waals surface area contributed by atoms with Gasteiger partial charge in [0.15, 0.2) is 11.5 Å². The normalized spacial score (nSPS) is 15.0. The average Bonchev–Trinajstić information content (AvgIpc) is 3.03. The van der Waals surface area contributed by atoms with Crippen molar-refractivity contribution in [1.29, 1.82) is 0 Å². The Morgan fingerprint density at radius 3 is 2.57 bits per heavy atom. The minimum atomic E-state index is -0.0695. The van der Waals surface area contributed by atoms with Crippen LogP contribution in [0.2, 0.25) is 0 Å². The van der Waals surface area contributed by atoms with Crippen molar-refractivity contribution in [3.05, 3.63) is 59.7 Å². The summed E-state index contributed by atoms with van der Waals surface area (Å²) in [5, 5.41) is 3.05. The Labute approximate surface area is 136 Å². The van der Waals surface area contributed by atoms with Crippen LogP contribution in [0.25, 0.3) is 0 Å². The molecule has 0 saturated heterocycles. The molecule has 2 aromatic carbocycles. The second-order valence-corrected chi connectivity index (χ2v) is 5.92. The molecular formula is C19H21NO3. The zero-order valence-electron chi connectivity index (χ0n) is 13.4. The number of fused-ring (bicyclic) bond motifs is 1. The first-order chi connectivity index (χ1) is 11.1. The van der Waals surface area contributed by atoms with Crippen molar-refractivity contribution in [2.45, 2.75) is 32.2 Å². The molecular weight excluding hydrogens is 290 g/mol. The number of amides is 1. The topological polar surface area (TPSA) is 47.6 Å². The predicted octanol–water partition coefficient (Wildman–Crippen LogP) is 3.79. The van der Waals surface area contributed by atoms with E-state index in [-0.39, 0.29) is 24.7 Å². The Morgan fingerprint density at radius 1 is 1.04 bits per heavy atom. The van der Waals surface area contributed by atoms with Crippen LogP contribution in [0.1, 0.15) is 43.4 Å². The summed E-state index contributed by atoms with van der Waals surface area (Å²) < 4.78 is 10.7. The summed E-state index contributed by atoms with van der Waals surface area (Å²) in [6.07, 6.45) is 0.471. The van der Waals surface area contributed by atoms with E-state index in [0.717, 1.165) is 17.1 Å². The number of rotatable bonds is 5. The van der Waals surface area contributed by atoms with Gasteiger partial charge in [-0.2, -0.15) is 0 Å². The minimum Gasteiger partial charge on any atom is -0.454 e. The fourth-order valence-electron chi connectivity index (χ4n) is 2.74. The molecule has 4 nitrogen and oxygen atoms in total. The summed E-state index contributed by atoms with van der Waals surface area (Å²) in [5.74, 6) is 1.73. The second kappa shape index (κ2) is 6.73. The highest BCUT2D eigenvalue weighted by Gasteiger charge is 2.18. The Bertz CT molecular complexity index is 684. The van der Waals surface area contributed by atoms with Crippen LogP contribution < -0.4 is 14.8 Å². The molecule has 3 rings (SSSR count). The molecule has 0 aliphatic carbocycles. The summed E-state index contributed by atoms with van der Waals surface area (Å²) in [6, 6.07) is 15.8. The molecule has 0 radical (unpaired) electrons. The largest absolute Gasteiger partial charge is 0.454 e. The van der Waals surface area contributed by atoms with Crippen LogP contribution in [0.5, 0.6) is 11.5 Å². The Kier molecular flexibility index (Phi) is 4.51. The lowest BCUT2D eigenvalue weighted by Crippen LogP contribution is -2.27. The van der Waals surface area contributed by atoms with Gasteiger partial charge in [-0.15, -0.1) is 0 Å². The highest BCUT2D eigenvalue weighted by molar-refractivity contribution is 5.77. The maximum atomic E-state index is 12.3. The van der Waals surface area contributed by atoms with E-state index in [4.69, 9.17) is 9.47 Å². The number of hydrogen-bond acceptors (Lipinski definition) is 3. The lowest BCUT2D eigenvalue weighted by molar-refractivity contribution is -0.122. The molecule has 2 atom stereocenters. The van der Waals surface area contributed by atoms with Crippen LogP contribution in [0, 0.1) is 0 Å². The monoisotopic (exact) mass is 311 g/mol.